The number of nitrogens with one attached hydrogen (secondary N) is 1. The second kappa shape index (κ2) is 6.18. The topological polar surface area (TPSA) is 88.8 Å². The quantitative estimate of drug-likeness (QED) is 0.738. The maximum atomic E-state index is 12.2. The van der Waals surface area contributed by atoms with Crippen LogP contribution in [0.3, 0.4) is 0 Å². The number of rotatable bonds is 6. The van der Waals surface area contributed by atoms with Crippen LogP contribution in [0.1, 0.15) is 50.0 Å². The van der Waals surface area contributed by atoms with Crippen LogP contribution < -0.4 is 11.4 Å². The Labute approximate surface area is 100 Å². The summed E-state index contributed by atoms with van der Waals surface area (Å²) < 4.78 is 0. The number of ketones is 1. The van der Waals surface area contributed by atoms with Crippen LogP contribution in [0.25, 0.3) is 0 Å². The van der Waals surface area contributed by atoms with E-state index in [9.17, 15) is 9.59 Å². The number of hydrogen-bond donors (Lipinski definition) is 2. The van der Waals surface area contributed by atoms with Crippen LogP contribution in [0.4, 0.5) is 5.69 Å². The summed E-state index contributed by atoms with van der Waals surface area (Å²) in [6.07, 6.45) is 4.74. The molecule has 1 rings (SSSR count). The van der Waals surface area contributed by atoms with Crippen molar-refractivity contribution < 1.29 is 4.79 Å². The van der Waals surface area contributed by atoms with Crippen LogP contribution in [-0.2, 0) is 0 Å². The molecule has 0 aliphatic carbocycles. The Morgan fingerprint density at radius 3 is 2.53 bits per heavy atom. The largest absolute Gasteiger partial charge is 0.396 e. The van der Waals surface area contributed by atoms with Gasteiger partial charge in [-0.2, -0.15) is 4.98 Å². The summed E-state index contributed by atoms with van der Waals surface area (Å²) in [4.78, 5) is 29.2. The molecule has 0 aliphatic heterocycles. The molecule has 0 fully saturated rings. The predicted octanol–water partition coefficient (Wildman–Crippen LogP) is 1.75. The lowest BCUT2D eigenvalue weighted by Crippen LogP contribution is -2.23. The number of carbonyl (C=O) groups excluding carboxylic acids is 1. The molecule has 0 saturated heterocycles. The summed E-state index contributed by atoms with van der Waals surface area (Å²) in [6, 6.07) is 0. The highest BCUT2D eigenvalue weighted by Crippen LogP contribution is 2.20. The Balaban J connectivity index is 2.99. The molecule has 0 aromatic carbocycles. The average Bonchev–Trinajstić information content (AvgIpc) is 2.31. The second-order valence-corrected chi connectivity index (χ2v) is 4.16. The number of carbonyl (C=O) groups is 1. The zero-order chi connectivity index (χ0) is 12.8. The van der Waals surface area contributed by atoms with Crippen LogP contribution >= 0.6 is 0 Å². The smallest absolute Gasteiger partial charge is 0.345 e. The van der Waals surface area contributed by atoms with Gasteiger partial charge in [0.15, 0.2) is 5.78 Å². The van der Waals surface area contributed by atoms with E-state index in [0.717, 1.165) is 25.7 Å². The Morgan fingerprint density at radius 1 is 1.41 bits per heavy atom. The predicted molar refractivity (Wildman–Crippen MR) is 66.9 cm³/mol. The summed E-state index contributed by atoms with van der Waals surface area (Å²) in [7, 11) is 0. The van der Waals surface area contributed by atoms with Crippen molar-refractivity contribution in [3.05, 3.63) is 22.4 Å². The van der Waals surface area contributed by atoms with Gasteiger partial charge in [-0.3, -0.25) is 4.79 Å². The lowest BCUT2D eigenvalue weighted by molar-refractivity contribution is 0.0900. The average molecular weight is 237 g/mol. The van der Waals surface area contributed by atoms with Crippen molar-refractivity contribution in [2.24, 2.45) is 5.92 Å². The number of aromatic amines is 1. The minimum absolute atomic E-state index is 0.0645. The van der Waals surface area contributed by atoms with E-state index in [0.29, 0.717) is 0 Å². The molecule has 5 heteroatoms. The number of nitrogens with zero attached hydrogens (tertiary/aromatic N) is 1. The molecule has 1 heterocycles. The van der Waals surface area contributed by atoms with Crippen LogP contribution in [0, 0.1) is 5.92 Å². The highest BCUT2D eigenvalue weighted by Gasteiger charge is 2.21. The van der Waals surface area contributed by atoms with E-state index in [2.05, 4.69) is 9.97 Å². The van der Waals surface area contributed by atoms with Crippen LogP contribution in [-0.4, -0.2) is 15.8 Å². The SMILES string of the molecule is CCCC(CCC)C(=O)c1[nH]c(=O)ncc1N. The van der Waals surface area contributed by atoms with E-state index in [4.69, 9.17) is 5.73 Å². The fourth-order valence-corrected chi connectivity index (χ4v) is 1.92. The normalized spacial score (nSPS) is 10.8. The molecule has 94 valence electrons. The molecular weight excluding hydrogens is 218 g/mol. The molecule has 1 aromatic heterocycles. The maximum absolute atomic E-state index is 12.2. The first-order valence-electron chi connectivity index (χ1n) is 5.99. The maximum Gasteiger partial charge on any atom is 0.345 e. The third kappa shape index (κ3) is 3.41. The van der Waals surface area contributed by atoms with E-state index in [-0.39, 0.29) is 23.1 Å². The van der Waals surface area contributed by atoms with Crippen molar-refractivity contribution in [2.45, 2.75) is 39.5 Å². The third-order valence-electron chi connectivity index (χ3n) is 2.73. The summed E-state index contributed by atoms with van der Waals surface area (Å²) in [5.74, 6) is -0.143. The Morgan fingerprint density at radius 2 is 2.00 bits per heavy atom. The number of aromatic nitrogens is 2. The molecule has 0 radical (unpaired) electrons. The highest BCUT2D eigenvalue weighted by atomic mass is 16.1. The zero-order valence-corrected chi connectivity index (χ0v) is 10.3. The van der Waals surface area contributed by atoms with Crippen molar-refractivity contribution in [3.8, 4) is 0 Å². The molecule has 3 N–H and O–H groups in total. The van der Waals surface area contributed by atoms with E-state index < -0.39 is 5.69 Å². The Kier molecular flexibility index (Phi) is 4.87. The molecule has 0 saturated carbocycles. The van der Waals surface area contributed by atoms with Gasteiger partial charge in [0.25, 0.3) is 0 Å². The highest BCUT2D eigenvalue weighted by molar-refractivity contribution is 6.00. The third-order valence-corrected chi connectivity index (χ3v) is 2.73. The van der Waals surface area contributed by atoms with Gasteiger partial charge in [0.1, 0.15) is 5.69 Å². The van der Waals surface area contributed by atoms with E-state index in [1.165, 1.54) is 6.20 Å². The van der Waals surface area contributed by atoms with Gasteiger partial charge >= 0.3 is 5.69 Å². The number of nitrogens with two attached hydrogens (primary N) is 1. The van der Waals surface area contributed by atoms with Crippen molar-refractivity contribution in [2.75, 3.05) is 5.73 Å². The van der Waals surface area contributed by atoms with Gasteiger partial charge < -0.3 is 10.7 Å². The van der Waals surface area contributed by atoms with Gasteiger partial charge in [0.2, 0.25) is 0 Å². The summed E-state index contributed by atoms with van der Waals surface area (Å²) in [5, 5.41) is 0. The molecule has 0 unspecified atom stereocenters. The van der Waals surface area contributed by atoms with Gasteiger partial charge in [-0.25, -0.2) is 4.79 Å². The molecule has 0 atom stereocenters. The van der Waals surface area contributed by atoms with Crippen LogP contribution in [0.2, 0.25) is 0 Å². The lowest BCUT2D eigenvalue weighted by Gasteiger charge is -2.14. The molecule has 1 aromatic rings. The molecule has 5 nitrogen and oxygen atoms in total. The standard InChI is InChI=1S/C12H19N3O2/c1-3-5-8(6-4-2)11(16)10-9(13)7-14-12(17)15-10/h7-8H,3-6,13H2,1-2H3,(H,14,15,17). The van der Waals surface area contributed by atoms with E-state index in [1.807, 2.05) is 13.8 Å². The Bertz CT molecular complexity index is 434. The second-order valence-electron chi connectivity index (χ2n) is 4.16. The summed E-state index contributed by atoms with van der Waals surface area (Å²) in [6.45, 7) is 4.07. The fraction of sp³-hybridized carbons (Fsp3) is 0.583. The van der Waals surface area contributed by atoms with E-state index >= 15 is 0 Å². The number of hydrogen-bond acceptors (Lipinski definition) is 4. The van der Waals surface area contributed by atoms with Gasteiger partial charge in [-0.05, 0) is 12.8 Å². The van der Waals surface area contributed by atoms with Gasteiger partial charge in [0.05, 0.1) is 11.9 Å². The monoisotopic (exact) mass is 237 g/mol. The first-order chi connectivity index (χ1) is 8.10. The fourth-order valence-electron chi connectivity index (χ4n) is 1.92. The van der Waals surface area contributed by atoms with Crippen molar-refractivity contribution in [1.82, 2.24) is 9.97 Å². The number of nitrogen functional groups attached to an aromatic ring is 1. The minimum Gasteiger partial charge on any atom is -0.396 e. The first-order valence-corrected chi connectivity index (χ1v) is 5.99. The Hall–Kier alpha value is -1.65. The van der Waals surface area contributed by atoms with Gasteiger partial charge in [0, 0.05) is 5.92 Å². The lowest BCUT2D eigenvalue weighted by atomic mass is 9.91. The summed E-state index contributed by atoms with van der Waals surface area (Å²) in [5.41, 5.74) is 5.58. The summed E-state index contributed by atoms with van der Waals surface area (Å²) >= 11 is 0. The van der Waals surface area contributed by atoms with Crippen LogP contribution in [0.15, 0.2) is 11.0 Å². The zero-order valence-electron chi connectivity index (χ0n) is 10.3. The molecule has 0 amide bonds. The van der Waals surface area contributed by atoms with Crippen molar-refractivity contribution in [1.29, 1.82) is 0 Å². The minimum atomic E-state index is -0.533. The van der Waals surface area contributed by atoms with Crippen LogP contribution in [0.5, 0.6) is 0 Å². The molecule has 0 aliphatic rings. The van der Waals surface area contributed by atoms with Crippen molar-refractivity contribution in [3.63, 3.8) is 0 Å². The number of H-pyrrole nitrogens is 1. The molecule has 0 bridgehead atoms. The molecule has 0 spiro atoms. The number of anilines is 1. The molecular formula is C12H19N3O2. The van der Waals surface area contributed by atoms with Gasteiger partial charge in [-0.15, -0.1) is 0 Å². The number of Topliss-reactive ketones (excluding diaryl/α,β-unsaturated/α-hetero) is 1. The first kappa shape index (κ1) is 13.4. The molecule has 17 heavy (non-hydrogen) atoms. The van der Waals surface area contributed by atoms with E-state index in [1.54, 1.807) is 0 Å². The van der Waals surface area contributed by atoms with Gasteiger partial charge in [-0.1, -0.05) is 26.7 Å². The van der Waals surface area contributed by atoms with Crippen molar-refractivity contribution >= 4 is 11.5 Å².